The van der Waals surface area contributed by atoms with E-state index in [2.05, 4.69) is 21.2 Å². The van der Waals surface area contributed by atoms with Gasteiger partial charge in [0.25, 0.3) is 0 Å². The third-order valence-electron chi connectivity index (χ3n) is 3.17. The van der Waals surface area contributed by atoms with Gasteiger partial charge in [-0.1, -0.05) is 57.9 Å². The number of amides is 1. The Morgan fingerprint density at radius 1 is 1.20 bits per heavy atom. The average molecular weight is 332 g/mol. The van der Waals surface area contributed by atoms with Crippen molar-refractivity contribution in [2.75, 3.05) is 0 Å². The van der Waals surface area contributed by atoms with Crippen LogP contribution in [0.1, 0.15) is 29.7 Å². The van der Waals surface area contributed by atoms with Crippen LogP contribution in [0.3, 0.4) is 0 Å². The molecule has 2 aromatic rings. The van der Waals surface area contributed by atoms with Crippen molar-refractivity contribution in [1.29, 1.82) is 0 Å². The van der Waals surface area contributed by atoms with E-state index in [-0.39, 0.29) is 11.9 Å². The predicted octanol–water partition coefficient (Wildman–Crippen LogP) is 4.18. The van der Waals surface area contributed by atoms with E-state index in [1.807, 2.05) is 62.4 Å². The Bertz CT molecular complexity index is 609. The van der Waals surface area contributed by atoms with Crippen molar-refractivity contribution in [2.24, 2.45) is 0 Å². The second-order valence-corrected chi connectivity index (χ2v) is 5.93. The van der Waals surface area contributed by atoms with Gasteiger partial charge in [0.1, 0.15) is 0 Å². The van der Waals surface area contributed by atoms with Crippen LogP contribution in [0, 0.1) is 6.92 Å². The molecule has 1 unspecified atom stereocenters. The van der Waals surface area contributed by atoms with E-state index in [9.17, 15) is 4.79 Å². The fourth-order valence-corrected chi connectivity index (χ4v) is 2.58. The number of aryl methyl sites for hydroxylation is 1. The third-order valence-corrected chi connectivity index (χ3v) is 3.67. The standard InChI is InChI=1S/C17H18BrNO/c1-12-5-3-6-14(9-12)10-17(20)19-13(2)15-7-4-8-16(18)11-15/h3-9,11,13H,10H2,1-2H3,(H,19,20). The lowest BCUT2D eigenvalue weighted by Crippen LogP contribution is -2.28. The van der Waals surface area contributed by atoms with E-state index in [4.69, 9.17) is 0 Å². The van der Waals surface area contributed by atoms with Crippen molar-refractivity contribution < 1.29 is 4.79 Å². The molecule has 0 fully saturated rings. The second-order valence-electron chi connectivity index (χ2n) is 5.01. The zero-order valence-corrected chi connectivity index (χ0v) is 13.3. The number of hydrogen-bond acceptors (Lipinski definition) is 1. The van der Waals surface area contributed by atoms with E-state index in [0.29, 0.717) is 6.42 Å². The monoisotopic (exact) mass is 331 g/mol. The summed E-state index contributed by atoms with van der Waals surface area (Å²) in [7, 11) is 0. The minimum atomic E-state index is 0.00445. The van der Waals surface area contributed by atoms with Crippen LogP contribution < -0.4 is 5.32 Å². The first kappa shape index (κ1) is 14.8. The Balaban J connectivity index is 1.97. The zero-order valence-electron chi connectivity index (χ0n) is 11.7. The SMILES string of the molecule is Cc1cccc(CC(=O)NC(C)c2cccc(Br)c2)c1. The second kappa shape index (κ2) is 6.71. The summed E-state index contributed by atoms with van der Waals surface area (Å²) in [5.41, 5.74) is 3.32. The predicted molar refractivity (Wildman–Crippen MR) is 85.6 cm³/mol. The summed E-state index contributed by atoms with van der Waals surface area (Å²) < 4.78 is 1.02. The molecule has 1 amide bonds. The summed E-state index contributed by atoms with van der Waals surface area (Å²) in [4.78, 5) is 12.1. The van der Waals surface area contributed by atoms with Gasteiger partial charge in [-0.25, -0.2) is 0 Å². The molecule has 0 saturated heterocycles. The summed E-state index contributed by atoms with van der Waals surface area (Å²) in [6.45, 7) is 4.03. The van der Waals surface area contributed by atoms with Crippen LogP contribution in [-0.2, 0) is 11.2 Å². The lowest BCUT2D eigenvalue weighted by Gasteiger charge is -2.15. The Labute approximate surface area is 128 Å². The summed E-state index contributed by atoms with van der Waals surface area (Å²) in [6.07, 6.45) is 0.417. The Morgan fingerprint density at radius 2 is 1.95 bits per heavy atom. The number of carbonyl (C=O) groups excluding carboxylic acids is 1. The topological polar surface area (TPSA) is 29.1 Å². The van der Waals surface area contributed by atoms with E-state index in [1.54, 1.807) is 0 Å². The largest absolute Gasteiger partial charge is 0.349 e. The highest BCUT2D eigenvalue weighted by atomic mass is 79.9. The number of halogens is 1. The molecule has 0 heterocycles. The minimum Gasteiger partial charge on any atom is -0.349 e. The number of hydrogen-bond donors (Lipinski definition) is 1. The molecule has 2 rings (SSSR count). The van der Waals surface area contributed by atoms with Gasteiger partial charge in [0.05, 0.1) is 12.5 Å². The molecule has 0 aromatic heterocycles. The maximum absolute atomic E-state index is 12.1. The molecule has 0 radical (unpaired) electrons. The summed E-state index contributed by atoms with van der Waals surface area (Å²) in [5, 5.41) is 3.03. The first-order chi connectivity index (χ1) is 9.54. The van der Waals surface area contributed by atoms with Crippen LogP contribution in [0.15, 0.2) is 53.0 Å². The molecule has 2 aromatic carbocycles. The van der Waals surface area contributed by atoms with Gasteiger partial charge in [-0.15, -0.1) is 0 Å². The molecule has 0 bridgehead atoms. The maximum atomic E-state index is 12.1. The smallest absolute Gasteiger partial charge is 0.224 e. The lowest BCUT2D eigenvalue weighted by molar-refractivity contribution is -0.121. The molecular formula is C17H18BrNO. The van der Waals surface area contributed by atoms with Crippen LogP contribution in [0.2, 0.25) is 0 Å². The molecule has 1 atom stereocenters. The van der Waals surface area contributed by atoms with Crippen molar-refractivity contribution in [3.63, 3.8) is 0 Å². The van der Waals surface area contributed by atoms with Gasteiger partial charge in [0, 0.05) is 4.47 Å². The maximum Gasteiger partial charge on any atom is 0.224 e. The molecule has 1 N–H and O–H groups in total. The zero-order chi connectivity index (χ0) is 14.5. The van der Waals surface area contributed by atoms with E-state index in [0.717, 1.165) is 15.6 Å². The van der Waals surface area contributed by atoms with Crippen LogP contribution in [0.25, 0.3) is 0 Å². The van der Waals surface area contributed by atoms with Gasteiger partial charge in [-0.2, -0.15) is 0 Å². The minimum absolute atomic E-state index is 0.00445. The molecule has 0 saturated carbocycles. The van der Waals surface area contributed by atoms with Gasteiger partial charge in [0.2, 0.25) is 5.91 Å². The fourth-order valence-electron chi connectivity index (χ4n) is 2.16. The molecule has 0 spiro atoms. The molecule has 2 nitrogen and oxygen atoms in total. The van der Waals surface area contributed by atoms with Crippen molar-refractivity contribution in [1.82, 2.24) is 5.32 Å². The Morgan fingerprint density at radius 3 is 2.65 bits per heavy atom. The normalized spacial score (nSPS) is 11.9. The highest BCUT2D eigenvalue weighted by molar-refractivity contribution is 9.10. The van der Waals surface area contributed by atoms with Crippen LogP contribution in [0.5, 0.6) is 0 Å². The molecule has 20 heavy (non-hydrogen) atoms. The average Bonchev–Trinajstić information content (AvgIpc) is 2.38. The number of nitrogens with one attached hydrogen (secondary N) is 1. The van der Waals surface area contributed by atoms with E-state index in [1.165, 1.54) is 5.56 Å². The Hall–Kier alpha value is -1.61. The number of rotatable bonds is 4. The summed E-state index contributed by atoms with van der Waals surface area (Å²) >= 11 is 3.45. The lowest BCUT2D eigenvalue weighted by atomic mass is 10.1. The van der Waals surface area contributed by atoms with Gasteiger partial charge in [-0.3, -0.25) is 4.79 Å². The molecule has 0 aliphatic heterocycles. The van der Waals surface area contributed by atoms with Gasteiger partial charge in [0.15, 0.2) is 0 Å². The highest BCUT2D eigenvalue weighted by Crippen LogP contribution is 2.18. The van der Waals surface area contributed by atoms with Crippen molar-refractivity contribution in [3.05, 3.63) is 69.7 Å². The molecule has 0 aliphatic rings. The fraction of sp³-hybridized carbons (Fsp3) is 0.235. The highest BCUT2D eigenvalue weighted by Gasteiger charge is 2.10. The van der Waals surface area contributed by atoms with E-state index < -0.39 is 0 Å². The van der Waals surface area contributed by atoms with Gasteiger partial charge >= 0.3 is 0 Å². The van der Waals surface area contributed by atoms with Gasteiger partial charge < -0.3 is 5.32 Å². The van der Waals surface area contributed by atoms with Crippen molar-refractivity contribution in [2.45, 2.75) is 26.3 Å². The number of benzene rings is 2. The molecule has 104 valence electrons. The van der Waals surface area contributed by atoms with E-state index >= 15 is 0 Å². The number of carbonyl (C=O) groups is 1. The summed E-state index contributed by atoms with van der Waals surface area (Å²) in [5.74, 6) is 0.0445. The molecule has 0 aliphatic carbocycles. The third kappa shape index (κ3) is 4.20. The summed E-state index contributed by atoms with van der Waals surface area (Å²) in [6, 6.07) is 16.0. The van der Waals surface area contributed by atoms with Crippen LogP contribution in [-0.4, -0.2) is 5.91 Å². The Kier molecular flexibility index (Phi) is 4.96. The first-order valence-electron chi connectivity index (χ1n) is 6.65. The van der Waals surface area contributed by atoms with Crippen molar-refractivity contribution in [3.8, 4) is 0 Å². The van der Waals surface area contributed by atoms with Crippen LogP contribution >= 0.6 is 15.9 Å². The quantitative estimate of drug-likeness (QED) is 0.894. The molecule has 3 heteroatoms. The molecular weight excluding hydrogens is 314 g/mol. The van der Waals surface area contributed by atoms with Gasteiger partial charge in [-0.05, 0) is 37.1 Å². The van der Waals surface area contributed by atoms with Crippen molar-refractivity contribution >= 4 is 21.8 Å². The van der Waals surface area contributed by atoms with Crippen LogP contribution in [0.4, 0.5) is 0 Å². The first-order valence-corrected chi connectivity index (χ1v) is 7.44.